The third-order valence-electron chi connectivity index (χ3n) is 4.39. The largest absolute Gasteiger partial charge is 0.416 e. The molecule has 0 spiro atoms. The molecular formula is C17H31N3OSi. The average Bonchev–Trinajstić information content (AvgIpc) is 2.93. The highest BCUT2D eigenvalue weighted by Crippen LogP contribution is 2.42. The molecule has 5 heteroatoms. The first-order valence-electron chi connectivity index (χ1n) is 8.39. The van der Waals surface area contributed by atoms with Gasteiger partial charge in [0.2, 0.25) is 0 Å². The van der Waals surface area contributed by atoms with Crippen LogP contribution in [0.3, 0.4) is 0 Å². The number of H-pyrrole nitrogens is 1. The van der Waals surface area contributed by atoms with Gasteiger partial charge in [-0.05, 0) is 35.4 Å². The van der Waals surface area contributed by atoms with Crippen molar-refractivity contribution in [1.29, 1.82) is 0 Å². The van der Waals surface area contributed by atoms with Crippen molar-refractivity contribution in [2.45, 2.75) is 77.4 Å². The Kier molecular flexibility index (Phi) is 7.84. The van der Waals surface area contributed by atoms with Crippen molar-refractivity contribution >= 4 is 8.32 Å². The zero-order valence-corrected chi connectivity index (χ0v) is 15.9. The molecule has 0 atom stereocenters. The molecule has 0 aliphatic rings. The summed E-state index contributed by atoms with van der Waals surface area (Å²) in [6.07, 6.45) is 4.68. The molecule has 4 nitrogen and oxygen atoms in total. The van der Waals surface area contributed by atoms with Gasteiger partial charge in [-0.25, -0.2) is 0 Å². The molecule has 1 N–H and O–H groups in total. The third-order valence-corrected chi connectivity index (χ3v) is 10.5. The first-order chi connectivity index (χ1) is 10.4. The summed E-state index contributed by atoms with van der Waals surface area (Å²) in [5.74, 6) is 6.14. The Hall–Kier alpha value is -1.12. The Bertz CT molecular complexity index is 450. The molecule has 0 aliphatic carbocycles. The molecule has 0 radical (unpaired) electrons. The zero-order chi connectivity index (χ0) is 16.6. The molecule has 124 valence electrons. The summed E-state index contributed by atoms with van der Waals surface area (Å²) < 4.78 is 6.53. The first kappa shape index (κ1) is 18.9. The van der Waals surface area contributed by atoms with E-state index in [9.17, 15) is 0 Å². The highest BCUT2D eigenvalue weighted by atomic mass is 28.4. The molecule has 0 amide bonds. The maximum absolute atomic E-state index is 6.53. The number of aromatic amines is 1. The normalized spacial score (nSPS) is 12.0. The van der Waals surface area contributed by atoms with Crippen LogP contribution in [0.15, 0.2) is 6.20 Å². The van der Waals surface area contributed by atoms with Crippen molar-refractivity contribution in [1.82, 2.24) is 15.4 Å². The second kappa shape index (κ2) is 9.11. The Morgan fingerprint density at radius 2 is 1.73 bits per heavy atom. The second-order valence-electron chi connectivity index (χ2n) is 6.78. The van der Waals surface area contributed by atoms with Crippen LogP contribution in [0.25, 0.3) is 0 Å². The highest BCUT2D eigenvalue weighted by molar-refractivity contribution is 6.77. The lowest BCUT2D eigenvalue weighted by Gasteiger charge is -2.42. The monoisotopic (exact) mass is 321 g/mol. The van der Waals surface area contributed by atoms with Crippen LogP contribution in [0.5, 0.6) is 0 Å². The van der Waals surface area contributed by atoms with Gasteiger partial charge < -0.3 is 4.43 Å². The quantitative estimate of drug-likeness (QED) is 0.435. The smallest absolute Gasteiger partial charge is 0.200 e. The molecule has 0 aliphatic heterocycles. The Morgan fingerprint density at radius 1 is 1.09 bits per heavy atom. The molecule has 0 aromatic carbocycles. The molecule has 0 saturated heterocycles. The van der Waals surface area contributed by atoms with E-state index in [-0.39, 0.29) is 0 Å². The van der Waals surface area contributed by atoms with Crippen molar-refractivity contribution in [3.63, 3.8) is 0 Å². The van der Waals surface area contributed by atoms with Gasteiger partial charge in [0, 0.05) is 13.0 Å². The first-order valence-corrected chi connectivity index (χ1v) is 10.5. The zero-order valence-electron chi connectivity index (χ0n) is 14.9. The number of hydrogen-bond donors (Lipinski definition) is 1. The molecular weight excluding hydrogens is 290 g/mol. The van der Waals surface area contributed by atoms with Crippen LogP contribution in [-0.2, 0) is 4.43 Å². The SMILES string of the molecule is CC(C)[Si](OCCCCC#Cc1cn[nH]n1)(C(C)C)C(C)C. The molecule has 1 heterocycles. The third kappa shape index (κ3) is 4.96. The van der Waals surface area contributed by atoms with Gasteiger partial charge in [0.25, 0.3) is 0 Å². The van der Waals surface area contributed by atoms with Crippen molar-refractivity contribution in [3.8, 4) is 11.8 Å². The Morgan fingerprint density at radius 3 is 2.23 bits per heavy atom. The Balaban J connectivity index is 2.37. The predicted molar refractivity (Wildman–Crippen MR) is 94.1 cm³/mol. The fourth-order valence-corrected chi connectivity index (χ4v) is 8.98. The number of nitrogens with zero attached hydrogens (tertiary/aromatic N) is 2. The maximum Gasteiger partial charge on any atom is 0.200 e. The molecule has 0 saturated carbocycles. The summed E-state index contributed by atoms with van der Waals surface area (Å²) in [7, 11) is -1.70. The Labute approximate surface area is 136 Å². The maximum atomic E-state index is 6.53. The minimum absolute atomic E-state index is 0.652. The van der Waals surface area contributed by atoms with Crippen LogP contribution in [0.4, 0.5) is 0 Å². The fourth-order valence-electron chi connectivity index (χ4n) is 3.48. The van der Waals surface area contributed by atoms with Gasteiger partial charge in [-0.2, -0.15) is 10.3 Å². The van der Waals surface area contributed by atoms with Crippen molar-refractivity contribution in [3.05, 3.63) is 11.9 Å². The summed E-state index contributed by atoms with van der Waals surface area (Å²) in [4.78, 5) is 0. The van der Waals surface area contributed by atoms with Gasteiger partial charge in [-0.15, -0.1) is 5.10 Å². The minimum atomic E-state index is -1.70. The summed E-state index contributed by atoms with van der Waals surface area (Å²) in [5, 5.41) is 10.2. The van der Waals surface area contributed by atoms with Crippen molar-refractivity contribution in [2.24, 2.45) is 0 Å². The molecule has 1 aromatic heterocycles. The lowest BCUT2D eigenvalue weighted by atomic mass is 10.2. The van der Waals surface area contributed by atoms with E-state index in [0.717, 1.165) is 25.9 Å². The highest BCUT2D eigenvalue weighted by Gasteiger charge is 2.44. The van der Waals surface area contributed by atoms with Crippen LogP contribution in [0.2, 0.25) is 16.6 Å². The molecule has 1 rings (SSSR count). The van der Waals surface area contributed by atoms with Gasteiger partial charge in [0.1, 0.15) is 0 Å². The van der Waals surface area contributed by atoms with E-state index >= 15 is 0 Å². The molecule has 0 bridgehead atoms. The van der Waals surface area contributed by atoms with Crippen molar-refractivity contribution in [2.75, 3.05) is 6.61 Å². The predicted octanol–water partition coefficient (Wildman–Crippen LogP) is 4.52. The van der Waals surface area contributed by atoms with E-state index in [1.54, 1.807) is 6.20 Å². The number of rotatable bonds is 8. The van der Waals surface area contributed by atoms with Gasteiger partial charge in [-0.3, -0.25) is 0 Å². The lowest BCUT2D eigenvalue weighted by Crippen LogP contribution is -2.47. The molecule has 22 heavy (non-hydrogen) atoms. The van der Waals surface area contributed by atoms with E-state index < -0.39 is 8.32 Å². The summed E-state index contributed by atoms with van der Waals surface area (Å²) in [5.41, 5.74) is 2.67. The summed E-state index contributed by atoms with van der Waals surface area (Å²) in [6, 6.07) is 0. The summed E-state index contributed by atoms with van der Waals surface area (Å²) in [6.45, 7) is 14.8. The number of unbranched alkanes of at least 4 members (excludes halogenated alkanes) is 2. The van der Waals surface area contributed by atoms with Crippen LogP contribution < -0.4 is 0 Å². The number of nitrogens with one attached hydrogen (secondary N) is 1. The number of hydrogen-bond acceptors (Lipinski definition) is 3. The molecule has 0 unspecified atom stereocenters. The van der Waals surface area contributed by atoms with E-state index in [4.69, 9.17) is 4.43 Å². The van der Waals surface area contributed by atoms with Gasteiger partial charge >= 0.3 is 0 Å². The van der Waals surface area contributed by atoms with Crippen LogP contribution in [0.1, 0.15) is 66.5 Å². The fraction of sp³-hybridized carbons (Fsp3) is 0.765. The van der Waals surface area contributed by atoms with E-state index in [0.29, 0.717) is 22.3 Å². The van der Waals surface area contributed by atoms with Crippen LogP contribution in [0, 0.1) is 11.8 Å². The van der Waals surface area contributed by atoms with Crippen molar-refractivity contribution < 1.29 is 4.43 Å². The molecule has 0 fully saturated rings. The molecule has 1 aromatic rings. The van der Waals surface area contributed by atoms with Gasteiger partial charge in [-0.1, -0.05) is 47.5 Å². The van der Waals surface area contributed by atoms with Gasteiger partial charge in [0.05, 0.1) is 6.20 Å². The van der Waals surface area contributed by atoms with Crippen LogP contribution >= 0.6 is 0 Å². The minimum Gasteiger partial charge on any atom is -0.416 e. The average molecular weight is 322 g/mol. The standard InChI is InChI=1S/C17H31N3OSi/c1-14(2)22(15(3)4,16(5)6)21-12-10-8-7-9-11-17-13-18-20-19-17/h13-16H,7-8,10,12H2,1-6H3,(H,18,19,20). The van der Waals surface area contributed by atoms with E-state index in [1.807, 2.05) is 0 Å². The summed E-state index contributed by atoms with van der Waals surface area (Å²) >= 11 is 0. The lowest BCUT2D eigenvalue weighted by molar-refractivity contribution is 0.270. The van der Waals surface area contributed by atoms with Gasteiger partial charge in [0.15, 0.2) is 14.0 Å². The van der Waals surface area contributed by atoms with E-state index in [2.05, 4.69) is 68.8 Å². The van der Waals surface area contributed by atoms with E-state index in [1.165, 1.54) is 0 Å². The number of aromatic nitrogens is 3. The van der Waals surface area contributed by atoms with Crippen LogP contribution in [-0.4, -0.2) is 30.3 Å². The topological polar surface area (TPSA) is 50.8 Å². The second-order valence-corrected chi connectivity index (χ2v) is 12.2.